The van der Waals surface area contributed by atoms with Crippen molar-refractivity contribution in [2.45, 2.75) is 42.6 Å². The highest BCUT2D eigenvalue weighted by atomic mass is 32.2. The van der Waals surface area contributed by atoms with Crippen LogP contribution in [0.5, 0.6) is 0 Å². The SMILES string of the molecule is O=S(=O)(C1C[CH]CC1)C1CC1. The van der Waals surface area contributed by atoms with Crippen LogP contribution in [0.2, 0.25) is 0 Å². The second-order valence-corrected chi connectivity index (χ2v) is 6.02. The lowest BCUT2D eigenvalue weighted by Crippen LogP contribution is -2.21. The van der Waals surface area contributed by atoms with Gasteiger partial charge in [0.05, 0.1) is 10.5 Å². The summed E-state index contributed by atoms with van der Waals surface area (Å²) in [6.45, 7) is 0. The van der Waals surface area contributed by atoms with Crippen molar-refractivity contribution in [2.24, 2.45) is 0 Å². The van der Waals surface area contributed by atoms with Crippen LogP contribution in [-0.2, 0) is 9.84 Å². The molecule has 0 bridgehead atoms. The van der Waals surface area contributed by atoms with E-state index >= 15 is 0 Å². The molecule has 2 aliphatic carbocycles. The highest BCUT2D eigenvalue weighted by Gasteiger charge is 2.41. The second kappa shape index (κ2) is 2.47. The zero-order valence-corrected chi connectivity index (χ0v) is 7.31. The molecule has 0 aromatic heterocycles. The maximum absolute atomic E-state index is 11.6. The van der Waals surface area contributed by atoms with Gasteiger partial charge in [0.25, 0.3) is 0 Å². The van der Waals surface area contributed by atoms with Gasteiger partial charge in [-0.3, -0.25) is 0 Å². The Morgan fingerprint density at radius 1 is 1.09 bits per heavy atom. The molecule has 0 aromatic carbocycles. The van der Waals surface area contributed by atoms with Crippen LogP contribution in [-0.4, -0.2) is 18.9 Å². The first kappa shape index (κ1) is 7.59. The van der Waals surface area contributed by atoms with Crippen molar-refractivity contribution in [1.29, 1.82) is 0 Å². The Labute approximate surface area is 67.9 Å². The summed E-state index contributed by atoms with van der Waals surface area (Å²) >= 11 is 0. The maximum Gasteiger partial charge on any atom is 0.156 e. The Bertz CT molecular complexity index is 233. The normalized spacial score (nSPS) is 27.6. The van der Waals surface area contributed by atoms with Gasteiger partial charge in [-0.1, -0.05) is 0 Å². The van der Waals surface area contributed by atoms with Gasteiger partial charge < -0.3 is 0 Å². The summed E-state index contributed by atoms with van der Waals surface area (Å²) in [7, 11) is -2.70. The van der Waals surface area contributed by atoms with Gasteiger partial charge in [-0.15, -0.1) is 0 Å². The lowest BCUT2D eigenvalue weighted by atomic mass is 10.4. The molecule has 0 heterocycles. The van der Waals surface area contributed by atoms with Gasteiger partial charge in [-0.25, -0.2) is 8.42 Å². The van der Waals surface area contributed by atoms with Crippen molar-refractivity contribution in [2.75, 3.05) is 0 Å². The first-order valence-electron chi connectivity index (χ1n) is 4.25. The van der Waals surface area contributed by atoms with Crippen molar-refractivity contribution >= 4 is 9.84 Å². The molecule has 0 saturated heterocycles. The topological polar surface area (TPSA) is 34.1 Å². The number of sulfone groups is 1. The summed E-state index contributed by atoms with van der Waals surface area (Å²) in [6.07, 6.45) is 6.61. The van der Waals surface area contributed by atoms with Crippen molar-refractivity contribution in [3.63, 3.8) is 0 Å². The average molecular weight is 173 g/mol. The Kier molecular flexibility index (Phi) is 1.71. The molecule has 2 aliphatic rings. The van der Waals surface area contributed by atoms with E-state index in [9.17, 15) is 8.42 Å². The van der Waals surface area contributed by atoms with Crippen molar-refractivity contribution in [1.82, 2.24) is 0 Å². The van der Waals surface area contributed by atoms with E-state index in [0.29, 0.717) is 0 Å². The van der Waals surface area contributed by atoms with Crippen LogP contribution in [0.1, 0.15) is 32.1 Å². The Morgan fingerprint density at radius 2 is 1.82 bits per heavy atom. The second-order valence-electron chi connectivity index (χ2n) is 3.51. The predicted molar refractivity (Wildman–Crippen MR) is 43.9 cm³/mol. The van der Waals surface area contributed by atoms with E-state index in [1.54, 1.807) is 0 Å². The average Bonchev–Trinajstić information content (AvgIpc) is 2.66. The number of hydrogen-bond acceptors (Lipinski definition) is 2. The molecule has 1 radical (unpaired) electrons. The largest absolute Gasteiger partial charge is 0.228 e. The number of rotatable bonds is 2. The van der Waals surface area contributed by atoms with Crippen molar-refractivity contribution in [3.05, 3.63) is 6.42 Å². The first-order chi connectivity index (χ1) is 5.21. The zero-order chi connectivity index (χ0) is 7.90. The maximum atomic E-state index is 11.6. The van der Waals surface area contributed by atoms with Gasteiger partial charge in [0.15, 0.2) is 9.84 Å². The third-order valence-electron chi connectivity index (χ3n) is 2.58. The quantitative estimate of drug-likeness (QED) is 0.631. The minimum atomic E-state index is -2.70. The summed E-state index contributed by atoms with van der Waals surface area (Å²) in [5.74, 6) is 0. The summed E-state index contributed by atoms with van der Waals surface area (Å²) in [4.78, 5) is 0. The Balaban J connectivity index is 2.12. The molecule has 2 rings (SSSR count). The zero-order valence-electron chi connectivity index (χ0n) is 6.49. The third-order valence-corrected chi connectivity index (χ3v) is 5.33. The minimum Gasteiger partial charge on any atom is -0.228 e. The molecule has 0 aliphatic heterocycles. The van der Waals surface area contributed by atoms with E-state index in [1.807, 2.05) is 0 Å². The van der Waals surface area contributed by atoms with E-state index in [0.717, 1.165) is 32.1 Å². The molecule has 0 spiro atoms. The third kappa shape index (κ3) is 1.31. The Morgan fingerprint density at radius 3 is 2.27 bits per heavy atom. The smallest absolute Gasteiger partial charge is 0.156 e. The molecule has 0 amide bonds. The van der Waals surface area contributed by atoms with Gasteiger partial charge in [-0.2, -0.15) is 0 Å². The first-order valence-corrected chi connectivity index (χ1v) is 5.86. The Hall–Kier alpha value is -0.0500. The molecule has 1 unspecified atom stereocenters. The van der Waals surface area contributed by atoms with Crippen LogP contribution in [0.25, 0.3) is 0 Å². The van der Waals surface area contributed by atoms with E-state index in [1.165, 1.54) is 0 Å². The molecular weight excluding hydrogens is 160 g/mol. The van der Waals surface area contributed by atoms with E-state index in [-0.39, 0.29) is 10.5 Å². The molecule has 11 heavy (non-hydrogen) atoms. The molecule has 3 heteroatoms. The van der Waals surface area contributed by atoms with Gasteiger partial charge in [0, 0.05) is 0 Å². The summed E-state index contributed by atoms with van der Waals surface area (Å²) in [5, 5.41) is 0.0222. The lowest BCUT2D eigenvalue weighted by Gasteiger charge is -2.08. The molecule has 0 N–H and O–H groups in total. The van der Waals surface area contributed by atoms with Crippen LogP contribution in [0, 0.1) is 6.42 Å². The van der Waals surface area contributed by atoms with Gasteiger partial charge in [0.1, 0.15) is 0 Å². The minimum absolute atomic E-state index is 0.0185. The van der Waals surface area contributed by atoms with Crippen LogP contribution in [0.15, 0.2) is 0 Å². The summed E-state index contributed by atoms with van der Waals surface area (Å²) in [6, 6.07) is 0. The van der Waals surface area contributed by atoms with Crippen LogP contribution in [0.3, 0.4) is 0 Å². The van der Waals surface area contributed by atoms with Gasteiger partial charge in [-0.05, 0) is 38.5 Å². The monoisotopic (exact) mass is 173 g/mol. The molecule has 63 valence electrons. The lowest BCUT2D eigenvalue weighted by molar-refractivity contribution is 0.579. The fraction of sp³-hybridized carbons (Fsp3) is 0.875. The van der Waals surface area contributed by atoms with Gasteiger partial charge >= 0.3 is 0 Å². The summed E-state index contributed by atoms with van der Waals surface area (Å²) < 4.78 is 23.2. The van der Waals surface area contributed by atoms with Crippen LogP contribution < -0.4 is 0 Å². The van der Waals surface area contributed by atoms with Gasteiger partial charge in [0.2, 0.25) is 0 Å². The molecule has 2 fully saturated rings. The fourth-order valence-electron chi connectivity index (χ4n) is 1.69. The molecule has 2 nitrogen and oxygen atoms in total. The molecule has 0 aromatic rings. The molecule has 1 atom stereocenters. The fourth-order valence-corrected chi connectivity index (χ4v) is 3.90. The predicted octanol–water partition coefficient (Wildman–Crippen LogP) is 1.32. The standard InChI is InChI=1S/C8H13O2S/c9-11(10,8-5-6-8)7-3-1-2-4-7/h1,7-8H,2-6H2. The molecule has 2 saturated carbocycles. The summed E-state index contributed by atoms with van der Waals surface area (Å²) in [5.41, 5.74) is 0. The number of hydrogen-bond donors (Lipinski definition) is 0. The van der Waals surface area contributed by atoms with Crippen molar-refractivity contribution in [3.8, 4) is 0 Å². The molecular formula is C8H13O2S. The van der Waals surface area contributed by atoms with Crippen molar-refractivity contribution < 1.29 is 8.42 Å². The van der Waals surface area contributed by atoms with E-state index in [2.05, 4.69) is 6.42 Å². The highest BCUT2D eigenvalue weighted by molar-refractivity contribution is 7.92. The highest BCUT2D eigenvalue weighted by Crippen LogP contribution is 2.36. The van der Waals surface area contributed by atoms with Crippen LogP contribution in [0.4, 0.5) is 0 Å². The van der Waals surface area contributed by atoms with E-state index < -0.39 is 9.84 Å². The van der Waals surface area contributed by atoms with Crippen LogP contribution >= 0.6 is 0 Å². The van der Waals surface area contributed by atoms with E-state index in [4.69, 9.17) is 0 Å².